The summed E-state index contributed by atoms with van der Waals surface area (Å²) in [6, 6.07) is 0.923. The van der Waals surface area contributed by atoms with E-state index in [1.54, 1.807) is 4.72 Å². The number of benzene rings is 1. The molecule has 10 heteroatoms. The van der Waals surface area contributed by atoms with Crippen molar-refractivity contribution in [3.8, 4) is 0 Å². The average Bonchev–Trinajstić information content (AvgIpc) is 3.05. The Bertz CT molecular complexity index is 704. The molecule has 0 atom stereocenters. The van der Waals surface area contributed by atoms with Gasteiger partial charge in [0.1, 0.15) is 5.69 Å². The molecule has 106 valence electrons. The third-order valence-electron chi connectivity index (χ3n) is 2.55. The highest BCUT2D eigenvalue weighted by Crippen LogP contribution is 2.31. The van der Waals surface area contributed by atoms with Crippen LogP contribution in [0.2, 0.25) is 0 Å². The zero-order valence-electron chi connectivity index (χ0n) is 9.43. The van der Waals surface area contributed by atoms with E-state index < -0.39 is 47.5 Å². The number of nitrogens with two attached hydrogens (primary N) is 1. The number of primary sulfonamides is 1. The lowest BCUT2D eigenvalue weighted by molar-refractivity contribution is 0.570. The van der Waals surface area contributed by atoms with Crippen LogP contribution in [0.25, 0.3) is 0 Å². The van der Waals surface area contributed by atoms with E-state index in [1.807, 2.05) is 0 Å². The quantitative estimate of drug-likeness (QED) is 0.845. The van der Waals surface area contributed by atoms with Gasteiger partial charge in [0.05, 0.1) is 10.1 Å². The first-order chi connectivity index (χ1) is 8.61. The highest BCUT2D eigenvalue weighted by molar-refractivity contribution is 7.93. The first-order valence-corrected chi connectivity index (χ1v) is 8.24. The summed E-state index contributed by atoms with van der Waals surface area (Å²) in [5.41, 5.74) is -0.903. The number of rotatable bonds is 4. The molecular formula is C9H10F2N2O4S2. The molecule has 1 fully saturated rings. The Balaban J connectivity index is 2.43. The second-order valence-corrected chi connectivity index (χ2v) is 7.68. The van der Waals surface area contributed by atoms with Crippen molar-refractivity contribution in [2.75, 3.05) is 4.72 Å². The van der Waals surface area contributed by atoms with Crippen LogP contribution < -0.4 is 9.86 Å². The zero-order chi connectivity index (χ0) is 14.4. The molecule has 1 aliphatic rings. The minimum absolute atomic E-state index is 0.424. The van der Waals surface area contributed by atoms with Crippen LogP contribution in [0.4, 0.5) is 14.5 Å². The van der Waals surface area contributed by atoms with Gasteiger partial charge in [-0.15, -0.1) is 0 Å². The average molecular weight is 312 g/mol. The molecule has 0 amide bonds. The van der Waals surface area contributed by atoms with Crippen LogP contribution >= 0.6 is 0 Å². The van der Waals surface area contributed by atoms with Crippen LogP contribution in [0.15, 0.2) is 17.0 Å². The summed E-state index contributed by atoms with van der Waals surface area (Å²) in [6.07, 6.45) is 0.849. The van der Waals surface area contributed by atoms with E-state index in [9.17, 15) is 25.6 Å². The van der Waals surface area contributed by atoms with Gasteiger partial charge in [0.2, 0.25) is 20.0 Å². The summed E-state index contributed by atoms with van der Waals surface area (Å²) in [7, 11) is -8.11. The lowest BCUT2D eigenvalue weighted by Gasteiger charge is -2.10. The molecule has 1 aliphatic carbocycles. The molecule has 0 unspecified atom stereocenters. The van der Waals surface area contributed by atoms with Crippen LogP contribution in [0, 0.1) is 11.6 Å². The van der Waals surface area contributed by atoms with Crippen molar-refractivity contribution in [1.29, 1.82) is 0 Å². The van der Waals surface area contributed by atoms with Gasteiger partial charge in [-0.2, -0.15) is 0 Å². The molecule has 0 spiro atoms. The fourth-order valence-corrected chi connectivity index (χ4v) is 3.35. The Morgan fingerprint density at radius 1 is 1.11 bits per heavy atom. The number of hydrogen-bond donors (Lipinski definition) is 2. The highest BCUT2D eigenvalue weighted by atomic mass is 32.2. The van der Waals surface area contributed by atoms with Gasteiger partial charge in [-0.05, 0) is 25.0 Å². The van der Waals surface area contributed by atoms with Crippen LogP contribution in [-0.2, 0) is 20.0 Å². The molecule has 1 saturated carbocycles. The van der Waals surface area contributed by atoms with Crippen LogP contribution in [-0.4, -0.2) is 22.1 Å². The minimum atomic E-state index is -4.27. The molecule has 19 heavy (non-hydrogen) atoms. The molecule has 3 N–H and O–H groups in total. The van der Waals surface area contributed by atoms with E-state index >= 15 is 0 Å². The summed E-state index contributed by atoms with van der Waals surface area (Å²) in [4.78, 5) is -0.767. The van der Waals surface area contributed by atoms with Gasteiger partial charge in [-0.25, -0.2) is 30.8 Å². The predicted octanol–water partition coefficient (Wildman–Crippen LogP) is 0.516. The van der Waals surface area contributed by atoms with E-state index in [1.165, 1.54) is 0 Å². The zero-order valence-corrected chi connectivity index (χ0v) is 11.1. The Morgan fingerprint density at radius 3 is 1.95 bits per heavy atom. The first kappa shape index (κ1) is 14.2. The van der Waals surface area contributed by atoms with Gasteiger partial charge in [-0.3, -0.25) is 4.72 Å². The maximum absolute atomic E-state index is 13.6. The lowest BCUT2D eigenvalue weighted by Crippen LogP contribution is -2.20. The normalized spacial score (nSPS) is 16.4. The van der Waals surface area contributed by atoms with Crippen molar-refractivity contribution in [2.24, 2.45) is 5.14 Å². The molecule has 1 aromatic rings. The van der Waals surface area contributed by atoms with Gasteiger partial charge in [-0.1, -0.05) is 0 Å². The van der Waals surface area contributed by atoms with Gasteiger partial charge in [0.25, 0.3) is 0 Å². The van der Waals surface area contributed by atoms with Crippen LogP contribution in [0.3, 0.4) is 0 Å². The molecule has 6 nitrogen and oxygen atoms in total. The summed E-state index contributed by atoms with van der Waals surface area (Å²) in [5, 5.41) is 4.07. The Labute approximate surface area is 108 Å². The molecular weight excluding hydrogens is 302 g/mol. The van der Waals surface area contributed by atoms with Crippen LogP contribution in [0.1, 0.15) is 12.8 Å². The maximum Gasteiger partial charge on any atom is 0.238 e. The van der Waals surface area contributed by atoms with E-state index in [0.29, 0.717) is 25.0 Å². The lowest BCUT2D eigenvalue weighted by atomic mass is 10.3. The standard InChI is InChI=1S/C9H10F2N2O4S2/c10-7-3-6(18(12,14)15)4-8(11)9(7)13-19(16,17)5-1-2-5/h3-5,13H,1-2H2,(H2,12,14,15). The molecule has 0 aliphatic heterocycles. The van der Waals surface area contributed by atoms with Crippen LogP contribution in [0.5, 0.6) is 0 Å². The Hall–Kier alpha value is -1.26. The van der Waals surface area contributed by atoms with E-state index in [-0.39, 0.29) is 0 Å². The topological polar surface area (TPSA) is 106 Å². The van der Waals surface area contributed by atoms with Gasteiger partial charge in [0, 0.05) is 0 Å². The monoisotopic (exact) mass is 312 g/mol. The van der Waals surface area contributed by atoms with Crippen molar-refractivity contribution < 1.29 is 25.6 Å². The highest BCUT2D eigenvalue weighted by Gasteiger charge is 2.36. The number of halogens is 2. The molecule has 0 aromatic heterocycles. The SMILES string of the molecule is NS(=O)(=O)c1cc(F)c(NS(=O)(=O)C2CC2)c(F)c1. The second-order valence-electron chi connectivity index (χ2n) is 4.15. The smallest absolute Gasteiger partial charge is 0.238 e. The molecule has 0 bridgehead atoms. The molecule has 0 radical (unpaired) electrons. The maximum atomic E-state index is 13.6. The van der Waals surface area contributed by atoms with E-state index in [2.05, 4.69) is 0 Å². The largest absolute Gasteiger partial charge is 0.278 e. The Kier molecular flexibility index (Phi) is 3.27. The minimum Gasteiger partial charge on any atom is -0.278 e. The summed E-state index contributed by atoms with van der Waals surface area (Å²) < 4.78 is 74.0. The second kappa shape index (κ2) is 4.39. The van der Waals surface area contributed by atoms with Crippen molar-refractivity contribution in [2.45, 2.75) is 23.0 Å². The van der Waals surface area contributed by atoms with Crippen molar-refractivity contribution >= 4 is 25.7 Å². The van der Waals surface area contributed by atoms with Gasteiger partial charge >= 0.3 is 0 Å². The van der Waals surface area contributed by atoms with Gasteiger partial charge in [0.15, 0.2) is 11.6 Å². The Morgan fingerprint density at radius 2 is 1.58 bits per heavy atom. The molecule has 1 aromatic carbocycles. The number of hydrogen-bond acceptors (Lipinski definition) is 4. The number of sulfonamides is 2. The first-order valence-electron chi connectivity index (χ1n) is 5.15. The molecule has 0 heterocycles. The van der Waals surface area contributed by atoms with Crippen molar-refractivity contribution in [3.63, 3.8) is 0 Å². The summed E-state index contributed by atoms with van der Waals surface area (Å²) >= 11 is 0. The number of anilines is 1. The van der Waals surface area contributed by atoms with Crippen molar-refractivity contribution in [1.82, 2.24) is 0 Å². The number of nitrogens with one attached hydrogen (secondary N) is 1. The van der Waals surface area contributed by atoms with E-state index in [0.717, 1.165) is 0 Å². The predicted molar refractivity (Wildman–Crippen MR) is 63.3 cm³/mol. The summed E-state index contributed by atoms with van der Waals surface area (Å²) in [5.74, 6) is -2.68. The fourth-order valence-electron chi connectivity index (χ4n) is 1.42. The third kappa shape index (κ3) is 3.01. The molecule has 0 saturated heterocycles. The third-order valence-corrected chi connectivity index (χ3v) is 5.28. The van der Waals surface area contributed by atoms with Gasteiger partial charge < -0.3 is 0 Å². The van der Waals surface area contributed by atoms with E-state index in [4.69, 9.17) is 5.14 Å². The summed E-state index contributed by atoms with van der Waals surface area (Å²) in [6.45, 7) is 0. The van der Waals surface area contributed by atoms with Crippen molar-refractivity contribution in [3.05, 3.63) is 23.8 Å². The molecule has 2 rings (SSSR count). The fraction of sp³-hybridized carbons (Fsp3) is 0.333.